The Bertz CT molecular complexity index is 472. The van der Waals surface area contributed by atoms with Gasteiger partial charge in [-0.1, -0.05) is 6.07 Å². The summed E-state index contributed by atoms with van der Waals surface area (Å²) < 4.78 is 9.72. The molecular formula is C14H19NO5S. The Morgan fingerprint density at radius 2 is 1.95 bits per heavy atom. The number of esters is 2. The van der Waals surface area contributed by atoms with Crippen LogP contribution in [0.15, 0.2) is 17.5 Å². The van der Waals surface area contributed by atoms with Crippen LogP contribution in [0, 0.1) is 0 Å². The molecule has 0 spiro atoms. The molecule has 1 heterocycles. The van der Waals surface area contributed by atoms with Gasteiger partial charge in [0.15, 0.2) is 0 Å². The van der Waals surface area contributed by atoms with Crippen molar-refractivity contribution in [2.45, 2.75) is 32.7 Å². The zero-order valence-electron chi connectivity index (χ0n) is 12.1. The molecule has 1 amide bonds. The third-order valence-electron chi connectivity index (χ3n) is 2.56. The Hall–Kier alpha value is -1.89. The van der Waals surface area contributed by atoms with Gasteiger partial charge >= 0.3 is 11.9 Å². The molecule has 0 aliphatic rings. The van der Waals surface area contributed by atoms with E-state index in [1.165, 1.54) is 11.3 Å². The van der Waals surface area contributed by atoms with Gasteiger partial charge in [0.05, 0.1) is 18.1 Å². The molecule has 0 aliphatic heterocycles. The highest BCUT2D eigenvalue weighted by Gasteiger charge is 2.24. The molecule has 0 saturated carbocycles. The summed E-state index contributed by atoms with van der Waals surface area (Å²) in [4.78, 5) is 35.7. The standard InChI is InChI=1S/C14H19NO5S/c1-3-19-12(16)8-7-10(14(18)20-4-2)15-13(17)11-6-5-9-21-11/h5-6,9-10H,3-4,7-8H2,1-2H3,(H,15,17)/t10-/m0/s1. The molecule has 0 fully saturated rings. The van der Waals surface area contributed by atoms with Crippen molar-refractivity contribution >= 4 is 29.2 Å². The number of amides is 1. The number of ether oxygens (including phenoxy) is 2. The minimum Gasteiger partial charge on any atom is -0.466 e. The number of nitrogens with one attached hydrogen (secondary N) is 1. The summed E-state index contributed by atoms with van der Waals surface area (Å²) in [6.45, 7) is 3.88. The second kappa shape index (κ2) is 9.12. The molecule has 0 bridgehead atoms. The van der Waals surface area contributed by atoms with Crippen molar-refractivity contribution in [1.82, 2.24) is 5.32 Å². The lowest BCUT2D eigenvalue weighted by Gasteiger charge is -2.16. The molecule has 6 nitrogen and oxygen atoms in total. The molecule has 1 aromatic heterocycles. The van der Waals surface area contributed by atoms with Crippen LogP contribution in [0.2, 0.25) is 0 Å². The van der Waals surface area contributed by atoms with Gasteiger partial charge in [-0.05, 0) is 31.7 Å². The molecule has 116 valence electrons. The molecule has 1 rings (SSSR count). The van der Waals surface area contributed by atoms with E-state index in [1.54, 1.807) is 31.4 Å². The summed E-state index contributed by atoms with van der Waals surface area (Å²) in [6.07, 6.45) is 0.191. The van der Waals surface area contributed by atoms with Crippen molar-refractivity contribution in [3.63, 3.8) is 0 Å². The van der Waals surface area contributed by atoms with Crippen LogP contribution in [0.25, 0.3) is 0 Å². The zero-order chi connectivity index (χ0) is 15.7. The van der Waals surface area contributed by atoms with Crippen molar-refractivity contribution in [2.75, 3.05) is 13.2 Å². The van der Waals surface area contributed by atoms with Gasteiger partial charge in [0.25, 0.3) is 5.91 Å². The minimum atomic E-state index is -0.857. The number of carbonyl (C=O) groups excluding carboxylic acids is 3. The molecule has 0 aliphatic carbocycles. The molecular weight excluding hydrogens is 294 g/mol. The lowest BCUT2D eigenvalue weighted by Crippen LogP contribution is -2.42. The van der Waals surface area contributed by atoms with Crippen LogP contribution in [0.3, 0.4) is 0 Å². The highest BCUT2D eigenvalue weighted by Crippen LogP contribution is 2.10. The van der Waals surface area contributed by atoms with Gasteiger partial charge in [-0.2, -0.15) is 0 Å². The summed E-state index contributed by atoms with van der Waals surface area (Å²) in [6, 6.07) is 2.55. The fourth-order valence-corrected chi connectivity index (χ4v) is 2.25. The second-order valence-electron chi connectivity index (χ2n) is 4.10. The topological polar surface area (TPSA) is 81.7 Å². The molecule has 7 heteroatoms. The van der Waals surface area contributed by atoms with Crippen LogP contribution in [-0.2, 0) is 19.1 Å². The van der Waals surface area contributed by atoms with Gasteiger partial charge in [-0.3, -0.25) is 9.59 Å². The van der Waals surface area contributed by atoms with E-state index in [9.17, 15) is 14.4 Å². The van der Waals surface area contributed by atoms with Crippen LogP contribution < -0.4 is 5.32 Å². The van der Waals surface area contributed by atoms with E-state index in [1.807, 2.05) is 0 Å². The highest BCUT2D eigenvalue weighted by molar-refractivity contribution is 7.12. The zero-order valence-corrected chi connectivity index (χ0v) is 12.9. The number of thiophene rings is 1. The third kappa shape index (κ3) is 5.95. The number of rotatable bonds is 8. The van der Waals surface area contributed by atoms with Crippen molar-refractivity contribution in [1.29, 1.82) is 0 Å². The van der Waals surface area contributed by atoms with E-state index >= 15 is 0 Å². The molecule has 0 unspecified atom stereocenters. The maximum Gasteiger partial charge on any atom is 0.328 e. The van der Waals surface area contributed by atoms with E-state index in [2.05, 4.69) is 5.32 Å². The molecule has 0 aromatic carbocycles. The van der Waals surface area contributed by atoms with Crippen LogP contribution in [0.1, 0.15) is 36.4 Å². The Balaban J connectivity index is 2.61. The van der Waals surface area contributed by atoms with Gasteiger partial charge in [0, 0.05) is 6.42 Å². The average Bonchev–Trinajstić information content (AvgIpc) is 2.98. The monoisotopic (exact) mass is 313 g/mol. The molecule has 0 radical (unpaired) electrons. The van der Waals surface area contributed by atoms with Crippen molar-refractivity contribution in [3.05, 3.63) is 22.4 Å². The first-order chi connectivity index (χ1) is 10.1. The van der Waals surface area contributed by atoms with E-state index < -0.39 is 18.0 Å². The molecule has 1 aromatic rings. The van der Waals surface area contributed by atoms with Crippen molar-refractivity contribution in [2.24, 2.45) is 0 Å². The van der Waals surface area contributed by atoms with E-state index in [-0.39, 0.29) is 32.0 Å². The predicted molar refractivity (Wildman–Crippen MR) is 78.1 cm³/mol. The van der Waals surface area contributed by atoms with E-state index in [0.29, 0.717) is 4.88 Å². The minimum absolute atomic E-state index is 0.0437. The smallest absolute Gasteiger partial charge is 0.328 e. The van der Waals surface area contributed by atoms with Gasteiger partial charge in [0.2, 0.25) is 0 Å². The summed E-state index contributed by atoms with van der Waals surface area (Å²) in [5, 5.41) is 4.36. The predicted octanol–water partition coefficient (Wildman–Crippen LogP) is 1.75. The highest BCUT2D eigenvalue weighted by atomic mass is 32.1. The average molecular weight is 313 g/mol. The van der Waals surface area contributed by atoms with Gasteiger partial charge in [-0.25, -0.2) is 4.79 Å². The maximum absolute atomic E-state index is 12.0. The normalized spacial score (nSPS) is 11.5. The lowest BCUT2D eigenvalue weighted by atomic mass is 10.1. The SMILES string of the molecule is CCOC(=O)CC[C@H](NC(=O)c1cccs1)C(=O)OCC. The summed E-state index contributed by atoms with van der Waals surface area (Å²) in [5.41, 5.74) is 0. The Morgan fingerprint density at radius 3 is 2.52 bits per heavy atom. The molecule has 1 N–H and O–H groups in total. The van der Waals surface area contributed by atoms with Crippen LogP contribution in [0.5, 0.6) is 0 Å². The summed E-state index contributed by atoms with van der Waals surface area (Å²) in [5.74, 6) is -1.31. The van der Waals surface area contributed by atoms with Gasteiger partial charge in [-0.15, -0.1) is 11.3 Å². The van der Waals surface area contributed by atoms with Crippen LogP contribution in [0.4, 0.5) is 0 Å². The molecule has 1 atom stereocenters. The van der Waals surface area contributed by atoms with Gasteiger partial charge in [0.1, 0.15) is 6.04 Å². The fraction of sp³-hybridized carbons (Fsp3) is 0.500. The Kier molecular flexibility index (Phi) is 7.45. The Labute approximate surface area is 127 Å². The van der Waals surface area contributed by atoms with Crippen molar-refractivity contribution in [3.8, 4) is 0 Å². The first-order valence-electron chi connectivity index (χ1n) is 6.75. The fourth-order valence-electron chi connectivity index (χ4n) is 1.62. The number of hydrogen-bond donors (Lipinski definition) is 1. The van der Waals surface area contributed by atoms with E-state index in [0.717, 1.165) is 0 Å². The third-order valence-corrected chi connectivity index (χ3v) is 3.43. The number of hydrogen-bond acceptors (Lipinski definition) is 6. The first kappa shape index (κ1) is 17.2. The van der Waals surface area contributed by atoms with Gasteiger partial charge < -0.3 is 14.8 Å². The first-order valence-corrected chi connectivity index (χ1v) is 7.63. The maximum atomic E-state index is 12.0. The number of carbonyl (C=O) groups is 3. The lowest BCUT2D eigenvalue weighted by molar-refractivity contribution is -0.146. The Morgan fingerprint density at radius 1 is 1.24 bits per heavy atom. The molecule has 21 heavy (non-hydrogen) atoms. The quantitative estimate of drug-likeness (QED) is 0.739. The second-order valence-corrected chi connectivity index (χ2v) is 5.05. The van der Waals surface area contributed by atoms with E-state index in [4.69, 9.17) is 9.47 Å². The molecule has 0 saturated heterocycles. The summed E-state index contributed by atoms with van der Waals surface area (Å²) in [7, 11) is 0. The van der Waals surface area contributed by atoms with Crippen molar-refractivity contribution < 1.29 is 23.9 Å². The van der Waals surface area contributed by atoms with Crippen LogP contribution >= 0.6 is 11.3 Å². The van der Waals surface area contributed by atoms with Crippen LogP contribution in [-0.4, -0.2) is 37.1 Å². The largest absolute Gasteiger partial charge is 0.466 e. The summed E-state index contributed by atoms with van der Waals surface area (Å²) >= 11 is 1.27.